The normalized spacial score (nSPS) is 12.2. The van der Waals surface area contributed by atoms with E-state index < -0.39 is 6.10 Å². The van der Waals surface area contributed by atoms with Crippen LogP contribution < -0.4 is 4.74 Å². The van der Waals surface area contributed by atoms with Gasteiger partial charge in [-0.1, -0.05) is 76.9 Å². The highest BCUT2D eigenvalue weighted by atomic mass is 16.5. The highest BCUT2D eigenvalue weighted by Crippen LogP contribution is 2.32. The maximum atomic E-state index is 12.8. The molecule has 1 N–H and O–H groups in total. The number of hydrogen-bond acceptors (Lipinski definition) is 5. The molecule has 0 amide bonds. The highest BCUT2D eigenvalue weighted by molar-refractivity contribution is 5.99. The quantitative estimate of drug-likeness (QED) is 0.375. The first-order valence-corrected chi connectivity index (χ1v) is 11.7. The van der Waals surface area contributed by atoms with Crippen LogP contribution in [0.25, 0.3) is 0 Å². The lowest BCUT2D eigenvalue weighted by atomic mass is 9.91. The van der Waals surface area contributed by atoms with Crippen LogP contribution in [0.1, 0.15) is 104 Å². The van der Waals surface area contributed by atoms with Crippen LogP contribution in [-0.4, -0.2) is 26.4 Å². The van der Waals surface area contributed by atoms with E-state index in [1.54, 1.807) is 0 Å². The number of carbonyl (C=O) groups excluding carboxylic acids is 1. The number of hydrogen-bond donors (Lipinski definition) is 1. The third-order valence-corrected chi connectivity index (χ3v) is 5.67. The standard InChI is InChI=1S/C26H34N4O2/c1-6-9-20-15-22(16-21(10-7-2)24(20)23(31)8-3)32-25(26-27-29-30-28-26)19-13-11-18(12-14-19)17(4)5/h11-17,25H,6-10H2,1-5H3,(H,27,28,29,30). The molecular formula is C26H34N4O2. The summed E-state index contributed by atoms with van der Waals surface area (Å²) in [5, 5.41) is 14.7. The van der Waals surface area contributed by atoms with Crippen LogP contribution in [0, 0.1) is 0 Å². The Morgan fingerprint density at radius 1 is 0.969 bits per heavy atom. The molecule has 32 heavy (non-hydrogen) atoms. The van der Waals surface area contributed by atoms with Crippen LogP contribution >= 0.6 is 0 Å². The lowest BCUT2D eigenvalue weighted by Crippen LogP contribution is -2.14. The van der Waals surface area contributed by atoms with E-state index in [0.29, 0.717) is 18.2 Å². The third kappa shape index (κ3) is 5.42. The van der Waals surface area contributed by atoms with Gasteiger partial charge in [0.15, 0.2) is 11.9 Å². The van der Waals surface area contributed by atoms with Gasteiger partial charge in [0.05, 0.1) is 0 Å². The van der Waals surface area contributed by atoms with Crippen molar-refractivity contribution in [1.29, 1.82) is 0 Å². The van der Waals surface area contributed by atoms with Crippen LogP contribution in [0.3, 0.4) is 0 Å². The molecule has 0 radical (unpaired) electrons. The fraction of sp³-hybridized carbons (Fsp3) is 0.462. The van der Waals surface area contributed by atoms with E-state index in [-0.39, 0.29) is 5.78 Å². The molecule has 0 saturated carbocycles. The number of aromatic amines is 1. The second-order valence-electron chi connectivity index (χ2n) is 8.48. The van der Waals surface area contributed by atoms with Gasteiger partial charge in [-0.2, -0.15) is 5.21 Å². The summed E-state index contributed by atoms with van der Waals surface area (Å²) in [4.78, 5) is 12.8. The molecule has 1 atom stereocenters. The molecule has 6 heteroatoms. The lowest BCUT2D eigenvalue weighted by Gasteiger charge is -2.21. The predicted octanol–water partition coefficient (Wildman–Crippen LogP) is 5.99. The Morgan fingerprint density at radius 3 is 2.03 bits per heavy atom. The van der Waals surface area contributed by atoms with Gasteiger partial charge in [-0.05, 0) is 47.6 Å². The molecular weight excluding hydrogens is 400 g/mol. The Bertz CT molecular complexity index is 984. The third-order valence-electron chi connectivity index (χ3n) is 5.67. The van der Waals surface area contributed by atoms with E-state index >= 15 is 0 Å². The van der Waals surface area contributed by atoms with Gasteiger partial charge in [-0.3, -0.25) is 4.79 Å². The first kappa shape index (κ1) is 23.6. The van der Waals surface area contributed by atoms with Crippen molar-refractivity contribution < 1.29 is 9.53 Å². The summed E-state index contributed by atoms with van der Waals surface area (Å²) < 4.78 is 6.49. The van der Waals surface area contributed by atoms with E-state index in [1.807, 2.05) is 19.1 Å². The van der Waals surface area contributed by atoms with Crippen molar-refractivity contribution in [3.8, 4) is 5.75 Å². The van der Waals surface area contributed by atoms with E-state index in [9.17, 15) is 4.79 Å². The summed E-state index contributed by atoms with van der Waals surface area (Å²) in [6.07, 6.45) is 3.61. The molecule has 3 rings (SSSR count). The number of ketones is 1. The van der Waals surface area contributed by atoms with Crippen LogP contribution in [0.4, 0.5) is 0 Å². The molecule has 1 heterocycles. The molecule has 2 aromatic carbocycles. The van der Waals surface area contributed by atoms with Gasteiger partial charge < -0.3 is 4.74 Å². The Hall–Kier alpha value is -3.02. The molecule has 0 spiro atoms. The van der Waals surface area contributed by atoms with Crippen molar-refractivity contribution in [3.63, 3.8) is 0 Å². The topological polar surface area (TPSA) is 80.8 Å². The largest absolute Gasteiger partial charge is 0.478 e. The number of benzene rings is 2. The molecule has 1 aromatic heterocycles. The van der Waals surface area contributed by atoms with Gasteiger partial charge in [0.1, 0.15) is 5.75 Å². The summed E-state index contributed by atoms with van der Waals surface area (Å²) in [5.41, 5.74) is 5.21. The van der Waals surface area contributed by atoms with Gasteiger partial charge >= 0.3 is 0 Å². The van der Waals surface area contributed by atoms with Gasteiger partial charge in [0.25, 0.3) is 0 Å². The van der Waals surface area contributed by atoms with Crippen LogP contribution in [0.2, 0.25) is 0 Å². The molecule has 0 fully saturated rings. The van der Waals surface area contributed by atoms with E-state index in [0.717, 1.165) is 53.7 Å². The molecule has 0 aliphatic rings. The highest BCUT2D eigenvalue weighted by Gasteiger charge is 2.23. The summed E-state index contributed by atoms with van der Waals surface area (Å²) in [6, 6.07) is 12.4. The average molecular weight is 435 g/mol. The van der Waals surface area contributed by atoms with E-state index in [2.05, 4.69) is 72.6 Å². The van der Waals surface area contributed by atoms with Crippen molar-refractivity contribution in [3.05, 3.63) is 70.0 Å². The molecule has 170 valence electrons. The fourth-order valence-electron chi connectivity index (χ4n) is 4.01. The van der Waals surface area contributed by atoms with Crippen LogP contribution in [-0.2, 0) is 12.8 Å². The van der Waals surface area contributed by atoms with Crippen molar-refractivity contribution >= 4 is 5.78 Å². The van der Waals surface area contributed by atoms with Crippen LogP contribution in [0.15, 0.2) is 36.4 Å². The summed E-state index contributed by atoms with van der Waals surface area (Å²) in [7, 11) is 0. The molecule has 0 aliphatic heterocycles. The number of aromatic nitrogens is 4. The molecule has 0 bridgehead atoms. The van der Waals surface area contributed by atoms with Crippen molar-refractivity contribution in [2.75, 3.05) is 0 Å². The molecule has 1 unspecified atom stereocenters. The summed E-state index contributed by atoms with van der Waals surface area (Å²) in [6.45, 7) is 10.5. The minimum Gasteiger partial charge on any atom is -0.478 e. The monoisotopic (exact) mass is 434 g/mol. The average Bonchev–Trinajstić information content (AvgIpc) is 3.32. The number of carbonyl (C=O) groups is 1. The Balaban J connectivity index is 2.04. The summed E-state index contributed by atoms with van der Waals surface area (Å²) >= 11 is 0. The lowest BCUT2D eigenvalue weighted by molar-refractivity contribution is 0.0986. The van der Waals surface area contributed by atoms with Gasteiger partial charge in [-0.25, -0.2) is 0 Å². The van der Waals surface area contributed by atoms with Gasteiger partial charge in [-0.15, -0.1) is 10.2 Å². The predicted molar refractivity (Wildman–Crippen MR) is 126 cm³/mol. The van der Waals surface area contributed by atoms with Gasteiger partial charge in [0, 0.05) is 17.5 Å². The Labute approximate surface area is 190 Å². The minimum absolute atomic E-state index is 0.197. The first-order chi connectivity index (χ1) is 15.5. The van der Waals surface area contributed by atoms with Gasteiger partial charge in [0.2, 0.25) is 5.82 Å². The minimum atomic E-state index is -0.494. The number of nitrogens with one attached hydrogen (secondary N) is 1. The SMILES string of the molecule is CCCc1cc(OC(c2ccc(C(C)C)cc2)c2nn[nH]n2)cc(CCC)c1C(=O)CC. The number of aryl methyl sites for hydroxylation is 2. The number of tetrazole rings is 1. The molecule has 0 saturated heterocycles. The number of Topliss-reactive ketones (excluding diaryl/α,β-unsaturated/α-hetero) is 1. The van der Waals surface area contributed by atoms with Crippen molar-refractivity contribution in [2.24, 2.45) is 0 Å². The number of rotatable bonds is 11. The zero-order valence-electron chi connectivity index (χ0n) is 19.8. The Morgan fingerprint density at radius 2 is 1.56 bits per heavy atom. The number of nitrogens with zero attached hydrogens (tertiary/aromatic N) is 3. The first-order valence-electron chi connectivity index (χ1n) is 11.7. The molecule has 0 aliphatic carbocycles. The zero-order valence-corrected chi connectivity index (χ0v) is 19.8. The fourth-order valence-corrected chi connectivity index (χ4v) is 4.01. The van der Waals surface area contributed by atoms with E-state index in [4.69, 9.17) is 4.74 Å². The number of H-pyrrole nitrogens is 1. The molecule has 3 aromatic rings. The smallest absolute Gasteiger partial charge is 0.219 e. The zero-order chi connectivity index (χ0) is 23.1. The molecule has 6 nitrogen and oxygen atoms in total. The van der Waals surface area contributed by atoms with Crippen LogP contribution in [0.5, 0.6) is 5.75 Å². The number of ether oxygens (including phenoxy) is 1. The second kappa shape index (κ2) is 11.0. The van der Waals surface area contributed by atoms with Crippen molar-refractivity contribution in [2.45, 2.75) is 78.7 Å². The maximum absolute atomic E-state index is 12.8. The maximum Gasteiger partial charge on any atom is 0.219 e. The van der Waals surface area contributed by atoms with E-state index in [1.165, 1.54) is 5.56 Å². The Kier molecular flexibility index (Phi) is 8.14. The van der Waals surface area contributed by atoms with Crippen molar-refractivity contribution in [1.82, 2.24) is 20.6 Å². The summed E-state index contributed by atoms with van der Waals surface area (Å²) in [5.74, 6) is 1.85. The second-order valence-corrected chi connectivity index (χ2v) is 8.48.